The lowest BCUT2D eigenvalue weighted by Crippen LogP contribution is -2.47. The Balaban J connectivity index is 2.58. The zero-order chi connectivity index (χ0) is 16.3. The number of carbonyl (C=O) groups is 2. The van der Waals surface area contributed by atoms with Gasteiger partial charge in [0.2, 0.25) is 0 Å². The first-order valence-electron chi connectivity index (χ1n) is 5.56. The molecule has 1 rings (SSSR count). The summed E-state index contributed by atoms with van der Waals surface area (Å²) in [6.07, 6.45) is -3.78. The number of urea groups is 1. The van der Waals surface area contributed by atoms with Crippen LogP contribution in [0.1, 0.15) is 12.6 Å². The normalized spacial score (nSPS) is 14.1. The zero-order valence-corrected chi connectivity index (χ0v) is 10.7. The van der Waals surface area contributed by atoms with Crippen LogP contribution in [-0.2, 0) is 11.0 Å². The Kier molecular flexibility index (Phi) is 4.73. The van der Waals surface area contributed by atoms with E-state index in [-0.39, 0.29) is 5.69 Å². The van der Waals surface area contributed by atoms with Gasteiger partial charge in [0, 0.05) is 0 Å². The molecule has 0 bridgehead atoms. The van der Waals surface area contributed by atoms with Crippen molar-refractivity contribution in [3.05, 3.63) is 24.0 Å². The molecule has 2 amide bonds. The summed E-state index contributed by atoms with van der Waals surface area (Å²) in [5.74, 6) is -1.53. The first-order valence-corrected chi connectivity index (χ1v) is 5.56. The molecule has 0 saturated heterocycles. The van der Waals surface area contributed by atoms with E-state index >= 15 is 0 Å². The zero-order valence-electron chi connectivity index (χ0n) is 10.7. The van der Waals surface area contributed by atoms with Crippen LogP contribution < -0.4 is 10.6 Å². The van der Waals surface area contributed by atoms with Crippen LogP contribution in [0.4, 0.5) is 23.7 Å². The molecule has 1 aromatic heterocycles. The SMILES string of the molecule is CC(O)(CNC(=O)Nc1ccc(C(F)(F)F)nc1)C(=O)O. The van der Waals surface area contributed by atoms with Gasteiger partial charge in [0.25, 0.3) is 0 Å². The number of hydrogen-bond acceptors (Lipinski definition) is 4. The van der Waals surface area contributed by atoms with Crippen molar-refractivity contribution in [1.29, 1.82) is 0 Å². The molecule has 0 aliphatic carbocycles. The predicted molar refractivity (Wildman–Crippen MR) is 64.5 cm³/mol. The summed E-state index contributed by atoms with van der Waals surface area (Å²) in [5, 5.41) is 22.2. The van der Waals surface area contributed by atoms with Crippen LogP contribution >= 0.6 is 0 Å². The summed E-state index contributed by atoms with van der Waals surface area (Å²) in [7, 11) is 0. The number of pyridine rings is 1. The standard InChI is InChI=1S/C11H12F3N3O4/c1-10(21,8(18)19)5-16-9(20)17-6-2-3-7(15-4-6)11(12,13)14/h2-4,21H,5H2,1H3,(H,18,19)(H2,16,17,20). The fourth-order valence-electron chi connectivity index (χ4n) is 1.14. The number of hydrogen-bond donors (Lipinski definition) is 4. The van der Waals surface area contributed by atoms with Gasteiger partial charge >= 0.3 is 18.2 Å². The van der Waals surface area contributed by atoms with E-state index in [9.17, 15) is 27.9 Å². The molecule has 0 spiro atoms. The highest BCUT2D eigenvalue weighted by atomic mass is 19.4. The summed E-state index contributed by atoms with van der Waals surface area (Å²) >= 11 is 0. The molecular weight excluding hydrogens is 295 g/mol. The van der Waals surface area contributed by atoms with Crippen molar-refractivity contribution in [1.82, 2.24) is 10.3 Å². The van der Waals surface area contributed by atoms with Gasteiger partial charge in [-0.2, -0.15) is 13.2 Å². The number of aliphatic hydroxyl groups is 1. The quantitative estimate of drug-likeness (QED) is 0.664. The Morgan fingerprint density at radius 3 is 2.38 bits per heavy atom. The predicted octanol–water partition coefficient (Wildman–Crippen LogP) is 1.06. The van der Waals surface area contributed by atoms with E-state index in [0.717, 1.165) is 19.2 Å². The number of aromatic nitrogens is 1. The number of anilines is 1. The minimum absolute atomic E-state index is 0.0181. The van der Waals surface area contributed by atoms with Crippen LogP contribution in [0.25, 0.3) is 0 Å². The molecule has 1 heterocycles. The fraction of sp³-hybridized carbons (Fsp3) is 0.364. The molecule has 7 nitrogen and oxygen atoms in total. The third kappa shape index (κ3) is 4.91. The van der Waals surface area contributed by atoms with Gasteiger partial charge in [0.05, 0.1) is 18.4 Å². The number of amides is 2. The molecule has 10 heteroatoms. The third-order valence-corrected chi connectivity index (χ3v) is 2.37. The number of alkyl halides is 3. The van der Waals surface area contributed by atoms with Crippen molar-refractivity contribution in [2.45, 2.75) is 18.7 Å². The van der Waals surface area contributed by atoms with Crippen LogP contribution in [0, 0.1) is 0 Å². The van der Waals surface area contributed by atoms with Crippen LogP contribution in [0.5, 0.6) is 0 Å². The molecule has 21 heavy (non-hydrogen) atoms. The summed E-state index contributed by atoms with van der Waals surface area (Å²) in [6.45, 7) is 0.400. The van der Waals surface area contributed by atoms with Gasteiger partial charge in [0.15, 0.2) is 5.60 Å². The maximum Gasteiger partial charge on any atom is 0.433 e. The van der Waals surface area contributed by atoms with Crippen molar-refractivity contribution in [2.75, 3.05) is 11.9 Å². The van der Waals surface area contributed by atoms with Gasteiger partial charge < -0.3 is 20.8 Å². The summed E-state index contributed by atoms with van der Waals surface area (Å²) < 4.78 is 36.8. The van der Waals surface area contributed by atoms with Crippen LogP contribution in [0.15, 0.2) is 18.3 Å². The van der Waals surface area contributed by atoms with E-state index < -0.39 is 36.0 Å². The second-order valence-electron chi connectivity index (χ2n) is 4.32. The van der Waals surface area contributed by atoms with Crippen LogP contribution in [0.2, 0.25) is 0 Å². The monoisotopic (exact) mass is 307 g/mol. The number of carbonyl (C=O) groups excluding carboxylic acids is 1. The van der Waals surface area contributed by atoms with Gasteiger partial charge in [-0.25, -0.2) is 14.6 Å². The molecule has 0 fully saturated rings. The lowest BCUT2D eigenvalue weighted by Gasteiger charge is -2.18. The molecule has 4 N–H and O–H groups in total. The van der Waals surface area contributed by atoms with E-state index in [0.29, 0.717) is 6.07 Å². The molecule has 0 radical (unpaired) electrons. The molecule has 1 unspecified atom stereocenters. The molecule has 0 aliphatic heterocycles. The summed E-state index contributed by atoms with van der Waals surface area (Å²) in [4.78, 5) is 25.1. The number of rotatable bonds is 4. The fourth-order valence-corrected chi connectivity index (χ4v) is 1.14. The Morgan fingerprint density at radius 1 is 1.33 bits per heavy atom. The maximum atomic E-state index is 12.3. The molecule has 116 valence electrons. The van der Waals surface area contributed by atoms with E-state index in [1.807, 2.05) is 0 Å². The van der Waals surface area contributed by atoms with E-state index in [1.165, 1.54) is 0 Å². The van der Waals surface area contributed by atoms with E-state index in [4.69, 9.17) is 5.11 Å². The summed E-state index contributed by atoms with van der Waals surface area (Å²) in [6, 6.07) is 0.784. The van der Waals surface area contributed by atoms with Crippen LogP contribution in [0.3, 0.4) is 0 Å². The first kappa shape index (κ1) is 16.7. The van der Waals surface area contributed by atoms with E-state index in [1.54, 1.807) is 0 Å². The van der Waals surface area contributed by atoms with Gasteiger partial charge in [0.1, 0.15) is 5.69 Å². The maximum absolute atomic E-state index is 12.3. The second kappa shape index (κ2) is 5.95. The van der Waals surface area contributed by atoms with Gasteiger partial charge in [-0.15, -0.1) is 0 Å². The average Bonchev–Trinajstić information content (AvgIpc) is 2.36. The van der Waals surface area contributed by atoms with Gasteiger partial charge in [-0.3, -0.25) is 0 Å². The van der Waals surface area contributed by atoms with Crippen molar-refractivity contribution < 1.29 is 33.0 Å². The lowest BCUT2D eigenvalue weighted by molar-refractivity contribution is -0.155. The minimum atomic E-state index is -4.58. The van der Waals surface area contributed by atoms with Crippen LogP contribution in [-0.4, -0.2) is 39.3 Å². The Bertz CT molecular complexity index is 529. The van der Waals surface area contributed by atoms with Gasteiger partial charge in [-0.05, 0) is 19.1 Å². The van der Waals surface area contributed by atoms with Crippen molar-refractivity contribution in [3.63, 3.8) is 0 Å². The van der Waals surface area contributed by atoms with Gasteiger partial charge in [-0.1, -0.05) is 0 Å². The number of nitrogens with one attached hydrogen (secondary N) is 2. The molecule has 1 aromatic rings. The topological polar surface area (TPSA) is 112 Å². The number of nitrogens with zero attached hydrogens (tertiary/aromatic N) is 1. The highest BCUT2D eigenvalue weighted by Gasteiger charge is 2.32. The Labute approximate surface area is 116 Å². The third-order valence-electron chi connectivity index (χ3n) is 2.37. The molecule has 0 aliphatic rings. The first-order chi connectivity index (χ1) is 9.52. The number of aliphatic carboxylic acids is 1. The molecular formula is C11H12F3N3O4. The average molecular weight is 307 g/mol. The highest BCUT2D eigenvalue weighted by molar-refractivity contribution is 5.89. The minimum Gasteiger partial charge on any atom is -0.479 e. The number of carboxylic acids is 1. The summed E-state index contributed by atoms with van der Waals surface area (Å²) in [5.41, 5.74) is -3.28. The van der Waals surface area contributed by atoms with Crippen molar-refractivity contribution in [2.24, 2.45) is 0 Å². The Morgan fingerprint density at radius 2 is 1.95 bits per heavy atom. The Hall–Kier alpha value is -2.36. The largest absolute Gasteiger partial charge is 0.479 e. The lowest BCUT2D eigenvalue weighted by atomic mass is 10.1. The van der Waals surface area contributed by atoms with Crippen molar-refractivity contribution >= 4 is 17.7 Å². The highest BCUT2D eigenvalue weighted by Crippen LogP contribution is 2.27. The van der Waals surface area contributed by atoms with E-state index in [2.05, 4.69) is 15.6 Å². The van der Waals surface area contributed by atoms with Crippen molar-refractivity contribution in [3.8, 4) is 0 Å². The smallest absolute Gasteiger partial charge is 0.433 e. The second-order valence-corrected chi connectivity index (χ2v) is 4.32. The molecule has 1 atom stereocenters. The number of halogens is 3. The molecule has 0 saturated carbocycles. The molecule has 0 aromatic carbocycles. The number of carboxylic acid groups (broad SMARTS) is 1.